The molecule has 1 atom stereocenters. The molecule has 1 aromatic carbocycles. The molecule has 2 nitrogen and oxygen atoms in total. The second kappa shape index (κ2) is 7.43. The summed E-state index contributed by atoms with van der Waals surface area (Å²) in [6.45, 7) is 8.30. The monoisotopic (exact) mass is 210 g/mol. The van der Waals surface area contributed by atoms with Crippen LogP contribution in [0.2, 0.25) is 0 Å². The van der Waals surface area contributed by atoms with E-state index in [1.807, 2.05) is 6.92 Å². The number of benzene rings is 1. The van der Waals surface area contributed by atoms with Crippen LogP contribution >= 0.6 is 0 Å². The van der Waals surface area contributed by atoms with Gasteiger partial charge in [-0.1, -0.05) is 25.1 Å². The number of methoxy groups -OCH3 is 1. The van der Waals surface area contributed by atoms with Gasteiger partial charge in [-0.05, 0) is 43.9 Å². The molecular weight excluding hydrogens is 188 g/mol. The summed E-state index contributed by atoms with van der Waals surface area (Å²) in [5.41, 5.74) is 4.18. The van der Waals surface area contributed by atoms with Crippen molar-refractivity contribution in [1.29, 1.82) is 0 Å². The van der Waals surface area contributed by atoms with E-state index in [1.165, 1.54) is 23.8 Å². The molecule has 0 saturated carbocycles. The van der Waals surface area contributed by atoms with Crippen LogP contribution in [0.15, 0.2) is 18.2 Å². The second-order valence-electron chi connectivity index (χ2n) is 3.62. The fraction of sp³-hybridized carbons (Fsp3) is 0.538. The molecule has 0 spiro atoms. The first-order valence-corrected chi connectivity index (χ1v) is 5.26. The van der Waals surface area contributed by atoms with Crippen LogP contribution in [0.25, 0.3) is 0 Å². The van der Waals surface area contributed by atoms with Crippen molar-refractivity contribution in [3.63, 3.8) is 0 Å². The molecule has 0 saturated heterocycles. The van der Waals surface area contributed by atoms with Crippen LogP contribution in [0, 0.1) is 20.8 Å². The van der Waals surface area contributed by atoms with Gasteiger partial charge >= 0.3 is 0 Å². The van der Waals surface area contributed by atoms with Gasteiger partial charge in [0, 0.05) is 7.11 Å². The molecule has 0 aromatic heterocycles. The molecule has 15 heavy (non-hydrogen) atoms. The maximum Gasteiger partial charge on any atom is 0.153 e. The lowest BCUT2D eigenvalue weighted by Gasteiger charge is -2.00. The Labute approximate surface area is 92.9 Å². The van der Waals surface area contributed by atoms with Gasteiger partial charge in [0.2, 0.25) is 0 Å². The Balaban J connectivity index is 0.000000288. The first-order chi connectivity index (χ1) is 7.02. The van der Waals surface area contributed by atoms with E-state index in [-0.39, 0.29) is 0 Å². The Morgan fingerprint density at radius 3 is 1.87 bits per heavy atom. The third kappa shape index (κ3) is 5.55. The lowest BCUT2D eigenvalue weighted by Crippen LogP contribution is -2.05. The summed E-state index contributed by atoms with van der Waals surface area (Å²) >= 11 is 0. The van der Waals surface area contributed by atoms with Gasteiger partial charge in [0.15, 0.2) is 6.29 Å². The minimum atomic E-state index is -0.565. The van der Waals surface area contributed by atoms with E-state index in [4.69, 9.17) is 5.11 Å². The number of rotatable bonds is 2. The van der Waals surface area contributed by atoms with Gasteiger partial charge in [0.05, 0.1) is 0 Å². The quantitative estimate of drug-likeness (QED) is 0.760. The summed E-state index contributed by atoms with van der Waals surface area (Å²) in [6.07, 6.45) is 0.0984. The SMILES string of the molecule is CCC(O)OC.Cc1cccc(C)c1C. The average Bonchev–Trinajstić information content (AvgIpc) is 2.25. The van der Waals surface area contributed by atoms with Gasteiger partial charge in [0.1, 0.15) is 0 Å². The lowest BCUT2D eigenvalue weighted by atomic mass is 10.1. The topological polar surface area (TPSA) is 29.5 Å². The van der Waals surface area contributed by atoms with Crippen LogP contribution in [0.4, 0.5) is 0 Å². The Morgan fingerprint density at radius 1 is 1.20 bits per heavy atom. The molecule has 86 valence electrons. The van der Waals surface area contributed by atoms with Gasteiger partial charge in [-0.3, -0.25) is 0 Å². The zero-order chi connectivity index (χ0) is 11.8. The highest BCUT2D eigenvalue weighted by molar-refractivity contribution is 5.31. The molecule has 0 bridgehead atoms. The van der Waals surface area contributed by atoms with Gasteiger partial charge in [-0.25, -0.2) is 0 Å². The van der Waals surface area contributed by atoms with Crippen LogP contribution in [0.3, 0.4) is 0 Å². The molecule has 0 amide bonds. The van der Waals surface area contributed by atoms with Crippen LogP contribution in [-0.2, 0) is 4.74 Å². The highest BCUT2D eigenvalue weighted by atomic mass is 16.6. The number of hydrogen-bond acceptors (Lipinski definition) is 2. The maximum atomic E-state index is 8.44. The van der Waals surface area contributed by atoms with Crippen molar-refractivity contribution >= 4 is 0 Å². The molecule has 2 heteroatoms. The van der Waals surface area contributed by atoms with Crippen molar-refractivity contribution in [2.24, 2.45) is 0 Å². The largest absolute Gasteiger partial charge is 0.368 e. The molecule has 0 aliphatic rings. The first kappa shape index (κ1) is 14.1. The summed E-state index contributed by atoms with van der Waals surface area (Å²) in [4.78, 5) is 0. The molecule has 0 aliphatic heterocycles. The predicted octanol–water partition coefficient (Wildman–Crippen LogP) is 2.97. The molecule has 0 fully saturated rings. The Morgan fingerprint density at radius 2 is 1.67 bits per heavy atom. The fourth-order valence-electron chi connectivity index (χ4n) is 1.06. The zero-order valence-corrected chi connectivity index (χ0v) is 10.4. The van der Waals surface area contributed by atoms with E-state index in [0.717, 1.165) is 0 Å². The minimum Gasteiger partial charge on any atom is -0.368 e. The Kier molecular flexibility index (Phi) is 7.01. The van der Waals surface area contributed by atoms with Crippen molar-refractivity contribution in [2.45, 2.75) is 40.4 Å². The predicted molar refractivity (Wildman–Crippen MR) is 64.0 cm³/mol. The third-order valence-corrected chi connectivity index (χ3v) is 2.50. The minimum absolute atomic E-state index is 0.565. The number of hydrogen-bond donors (Lipinski definition) is 1. The van der Waals surface area contributed by atoms with Crippen molar-refractivity contribution in [2.75, 3.05) is 7.11 Å². The van der Waals surface area contributed by atoms with Crippen LogP contribution in [0.5, 0.6) is 0 Å². The number of ether oxygens (including phenoxy) is 1. The molecule has 1 N–H and O–H groups in total. The third-order valence-electron chi connectivity index (χ3n) is 2.50. The summed E-state index contributed by atoms with van der Waals surface area (Å²) in [5.74, 6) is 0. The number of aryl methyl sites for hydroxylation is 2. The van der Waals surface area contributed by atoms with Crippen molar-refractivity contribution < 1.29 is 9.84 Å². The van der Waals surface area contributed by atoms with Gasteiger partial charge in [0.25, 0.3) is 0 Å². The number of aliphatic hydroxyl groups excluding tert-OH is 1. The Hall–Kier alpha value is -0.860. The molecule has 1 rings (SSSR count). The van der Waals surface area contributed by atoms with Crippen LogP contribution in [-0.4, -0.2) is 18.5 Å². The molecule has 0 aliphatic carbocycles. The summed E-state index contributed by atoms with van der Waals surface area (Å²) in [7, 11) is 1.48. The van der Waals surface area contributed by atoms with Gasteiger partial charge < -0.3 is 9.84 Å². The summed E-state index contributed by atoms with van der Waals surface area (Å²) < 4.78 is 4.45. The highest BCUT2D eigenvalue weighted by Gasteiger charge is 1.92. The first-order valence-electron chi connectivity index (χ1n) is 5.26. The summed E-state index contributed by atoms with van der Waals surface area (Å²) in [6, 6.07) is 6.38. The summed E-state index contributed by atoms with van der Waals surface area (Å²) in [5, 5.41) is 8.44. The van der Waals surface area contributed by atoms with Crippen LogP contribution in [0.1, 0.15) is 30.0 Å². The van der Waals surface area contributed by atoms with Crippen LogP contribution < -0.4 is 0 Å². The lowest BCUT2D eigenvalue weighted by molar-refractivity contribution is -0.0748. The molecule has 0 heterocycles. The van der Waals surface area contributed by atoms with E-state index in [2.05, 4.69) is 43.7 Å². The van der Waals surface area contributed by atoms with E-state index >= 15 is 0 Å². The van der Waals surface area contributed by atoms with E-state index in [1.54, 1.807) is 0 Å². The molecule has 1 unspecified atom stereocenters. The highest BCUT2D eigenvalue weighted by Crippen LogP contribution is 2.09. The molecular formula is C13H22O2. The van der Waals surface area contributed by atoms with Crippen molar-refractivity contribution in [3.05, 3.63) is 34.9 Å². The van der Waals surface area contributed by atoms with E-state index < -0.39 is 6.29 Å². The fourth-order valence-corrected chi connectivity index (χ4v) is 1.06. The van der Waals surface area contributed by atoms with Crippen molar-refractivity contribution in [3.8, 4) is 0 Å². The van der Waals surface area contributed by atoms with Crippen molar-refractivity contribution in [1.82, 2.24) is 0 Å². The average molecular weight is 210 g/mol. The van der Waals surface area contributed by atoms with Gasteiger partial charge in [-0.2, -0.15) is 0 Å². The van der Waals surface area contributed by atoms with E-state index in [9.17, 15) is 0 Å². The Bertz CT molecular complexity index is 258. The second-order valence-corrected chi connectivity index (χ2v) is 3.62. The van der Waals surface area contributed by atoms with Gasteiger partial charge in [-0.15, -0.1) is 0 Å². The maximum absolute atomic E-state index is 8.44. The standard InChI is InChI=1S/C9H12.C4H10O2/c1-7-5-4-6-8(2)9(7)3;1-3-4(5)6-2/h4-6H,1-3H3;4-5H,3H2,1-2H3. The normalized spacial score (nSPS) is 11.6. The van der Waals surface area contributed by atoms with E-state index in [0.29, 0.717) is 6.42 Å². The smallest absolute Gasteiger partial charge is 0.153 e. The molecule has 1 aromatic rings. The number of aliphatic hydroxyl groups is 1. The molecule has 0 radical (unpaired) electrons. The zero-order valence-electron chi connectivity index (χ0n) is 10.4.